The van der Waals surface area contributed by atoms with E-state index in [1.807, 2.05) is 25.7 Å². The standard InChI is InChI=1S/C16H24N4O2/c1-15(2,3)22-14(21)20-9-16(10-20)5-11(6-16)4-12-7-18-13(17)19-8-12/h7-8,11H,4-6,9-10H2,1-3H3,(H2,17,18,19). The van der Waals surface area contributed by atoms with Gasteiger partial charge in [-0.15, -0.1) is 0 Å². The summed E-state index contributed by atoms with van der Waals surface area (Å²) in [5.74, 6) is 0.980. The van der Waals surface area contributed by atoms with Crippen LogP contribution in [0.3, 0.4) is 0 Å². The normalized spacial score (nSPS) is 20.4. The Morgan fingerprint density at radius 1 is 1.36 bits per heavy atom. The first-order valence-corrected chi connectivity index (χ1v) is 7.79. The van der Waals surface area contributed by atoms with Gasteiger partial charge >= 0.3 is 6.09 Å². The third-order valence-electron chi connectivity index (χ3n) is 4.40. The Labute approximate surface area is 131 Å². The minimum atomic E-state index is -0.420. The van der Waals surface area contributed by atoms with Gasteiger partial charge in [0.25, 0.3) is 0 Å². The molecule has 1 saturated carbocycles. The van der Waals surface area contributed by atoms with Crippen molar-refractivity contribution in [2.24, 2.45) is 11.3 Å². The topological polar surface area (TPSA) is 81.3 Å². The SMILES string of the molecule is CC(C)(C)OC(=O)N1CC2(CC(Cc3cnc(N)nc3)C2)C1. The molecule has 0 aromatic carbocycles. The summed E-state index contributed by atoms with van der Waals surface area (Å²) < 4.78 is 5.40. The summed E-state index contributed by atoms with van der Waals surface area (Å²) in [4.78, 5) is 21.8. The Bertz CT molecular complexity index is 551. The summed E-state index contributed by atoms with van der Waals surface area (Å²) in [6, 6.07) is 0. The summed E-state index contributed by atoms with van der Waals surface area (Å²) >= 11 is 0. The molecule has 2 fully saturated rings. The van der Waals surface area contributed by atoms with Crippen LogP contribution in [0.4, 0.5) is 10.7 Å². The summed E-state index contributed by atoms with van der Waals surface area (Å²) in [6.45, 7) is 7.35. The van der Waals surface area contributed by atoms with Gasteiger partial charge in [0.15, 0.2) is 0 Å². The molecule has 1 aromatic rings. The maximum atomic E-state index is 11.9. The molecule has 1 aliphatic carbocycles. The fourth-order valence-corrected chi connectivity index (χ4v) is 3.59. The Hall–Kier alpha value is -1.85. The van der Waals surface area contributed by atoms with E-state index in [9.17, 15) is 4.79 Å². The molecule has 6 heteroatoms. The number of hydrogen-bond acceptors (Lipinski definition) is 5. The zero-order chi connectivity index (χ0) is 16.0. The molecule has 0 bridgehead atoms. The van der Waals surface area contributed by atoms with Gasteiger partial charge in [-0.05, 0) is 51.5 Å². The zero-order valence-corrected chi connectivity index (χ0v) is 13.5. The third kappa shape index (κ3) is 3.15. The summed E-state index contributed by atoms with van der Waals surface area (Å²) in [6.07, 6.45) is 6.75. The maximum Gasteiger partial charge on any atom is 0.410 e. The highest BCUT2D eigenvalue weighted by Crippen LogP contribution is 2.53. The van der Waals surface area contributed by atoms with Crippen molar-refractivity contribution < 1.29 is 9.53 Å². The van der Waals surface area contributed by atoms with Crippen molar-refractivity contribution in [3.05, 3.63) is 18.0 Å². The average molecular weight is 304 g/mol. The Balaban J connectivity index is 1.43. The van der Waals surface area contributed by atoms with Gasteiger partial charge in [0, 0.05) is 30.9 Å². The predicted molar refractivity (Wildman–Crippen MR) is 83.1 cm³/mol. The van der Waals surface area contributed by atoms with Crippen molar-refractivity contribution in [1.82, 2.24) is 14.9 Å². The fraction of sp³-hybridized carbons (Fsp3) is 0.688. The van der Waals surface area contributed by atoms with Crippen LogP contribution in [0.1, 0.15) is 39.2 Å². The minimum Gasteiger partial charge on any atom is -0.444 e. The lowest BCUT2D eigenvalue weighted by molar-refractivity contribution is -0.0947. The number of likely N-dealkylation sites (tertiary alicyclic amines) is 1. The van der Waals surface area contributed by atoms with Crippen LogP contribution in [0.25, 0.3) is 0 Å². The second-order valence-electron chi connectivity index (χ2n) is 7.76. The summed E-state index contributed by atoms with van der Waals surface area (Å²) in [7, 11) is 0. The molecular formula is C16H24N4O2. The molecule has 22 heavy (non-hydrogen) atoms. The van der Waals surface area contributed by atoms with E-state index in [0.717, 1.165) is 37.9 Å². The predicted octanol–water partition coefficient (Wildman–Crippen LogP) is 2.25. The van der Waals surface area contributed by atoms with Crippen LogP contribution in [-0.2, 0) is 11.2 Å². The zero-order valence-electron chi connectivity index (χ0n) is 13.5. The highest BCUT2D eigenvalue weighted by molar-refractivity contribution is 5.69. The summed E-state index contributed by atoms with van der Waals surface area (Å²) in [5, 5.41) is 0. The van der Waals surface area contributed by atoms with Gasteiger partial charge in [-0.3, -0.25) is 0 Å². The highest BCUT2D eigenvalue weighted by Gasteiger charge is 2.54. The Morgan fingerprint density at radius 3 is 2.50 bits per heavy atom. The molecular weight excluding hydrogens is 280 g/mol. The van der Waals surface area contributed by atoms with Gasteiger partial charge in [0.1, 0.15) is 5.60 Å². The van der Waals surface area contributed by atoms with Crippen molar-refractivity contribution in [2.75, 3.05) is 18.8 Å². The molecule has 1 aliphatic heterocycles. The molecule has 1 saturated heterocycles. The quantitative estimate of drug-likeness (QED) is 0.906. The van der Waals surface area contributed by atoms with Gasteiger partial charge < -0.3 is 15.4 Å². The summed E-state index contributed by atoms with van der Waals surface area (Å²) in [5.41, 5.74) is 6.54. The molecule has 2 heterocycles. The smallest absolute Gasteiger partial charge is 0.410 e. The number of nitrogens with zero attached hydrogens (tertiary/aromatic N) is 3. The number of carbonyl (C=O) groups is 1. The number of nitrogen functional groups attached to an aromatic ring is 1. The number of nitrogens with two attached hydrogens (primary N) is 1. The number of hydrogen-bond donors (Lipinski definition) is 1. The second-order valence-corrected chi connectivity index (χ2v) is 7.76. The van der Waals surface area contributed by atoms with E-state index in [2.05, 4.69) is 9.97 Å². The first-order valence-electron chi connectivity index (χ1n) is 7.79. The molecule has 3 rings (SSSR count). The lowest BCUT2D eigenvalue weighted by atomic mass is 9.56. The van der Waals surface area contributed by atoms with Gasteiger partial charge in [0.2, 0.25) is 5.95 Å². The lowest BCUT2D eigenvalue weighted by Crippen LogP contribution is -2.64. The van der Waals surface area contributed by atoms with Crippen LogP contribution in [-0.4, -0.2) is 39.7 Å². The van der Waals surface area contributed by atoms with E-state index >= 15 is 0 Å². The van der Waals surface area contributed by atoms with Crippen molar-refractivity contribution in [3.8, 4) is 0 Å². The first-order chi connectivity index (χ1) is 10.2. The second kappa shape index (κ2) is 5.11. The minimum absolute atomic E-state index is 0.187. The van der Waals surface area contributed by atoms with Crippen molar-refractivity contribution >= 4 is 12.0 Å². The fourth-order valence-electron chi connectivity index (χ4n) is 3.59. The largest absolute Gasteiger partial charge is 0.444 e. The molecule has 2 N–H and O–H groups in total. The Kier molecular flexibility index (Phi) is 3.50. The van der Waals surface area contributed by atoms with Crippen molar-refractivity contribution in [2.45, 2.75) is 45.6 Å². The maximum absolute atomic E-state index is 11.9. The number of rotatable bonds is 2. The molecule has 0 atom stereocenters. The van der Waals surface area contributed by atoms with Crippen LogP contribution < -0.4 is 5.73 Å². The molecule has 0 radical (unpaired) electrons. The van der Waals surface area contributed by atoms with Crippen LogP contribution >= 0.6 is 0 Å². The number of anilines is 1. The number of carbonyl (C=O) groups excluding carboxylic acids is 1. The number of amides is 1. The average Bonchev–Trinajstić information content (AvgIpc) is 2.30. The molecule has 1 amide bonds. The van der Waals surface area contributed by atoms with E-state index in [-0.39, 0.29) is 6.09 Å². The monoisotopic (exact) mass is 304 g/mol. The van der Waals surface area contributed by atoms with Gasteiger partial charge in [-0.1, -0.05) is 0 Å². The molecule has 1 aromatic heterocycles. The van der Waals surface area contributed by atoms with Gasteiger partial charge in [-0.2, -0.15) is 0 Å². The van der Waals surface area contributed by atoms with E-state index in [1.165, 1.54) is 0 Å². The molecule has 6 nitrogen and oxygen atoms in total. The first kappa shape index (κ1) is 15.1. The van der Waals surface area contributed by atoms with Crippen LogP contribution in [0.5, 0.6) is 0 Å². The van der Waals surface area contributed by atoms with Gasteiger partial charge in [-0.25, -0.2) is 14.8 Å². The van der Waals surface area contributed by atoms with Crippen molar-refractivity contribution in [1.29, 1.82) is 0 Å². The van der Waals surface area contributed by atoms with E-state index in [0.29, 0.717) is 17.3 Å². The number of aromatic nitrogens is 2. The van der Waals surface area contributed by atoms with E-state index < -0.39 is 5.60 Å². The van der Waals surface area contributed by atoms with Crippen LogP contribution in [0.15, 0.2) is 12.4 Å². The van der Waals surface area contributed by atoms with Crippen LogP contribution in [0.2, 0.25) is 0 Å². The Morgan fingerprint density at radius 2 is 1.95 bits per heavy atom. The molecule has 120 valence electrons. The van der Waals surface area contributed by atoms with E-state index in [4.69, 9.17) is 10.5 Å². The van der Waals surface area contributed by atoms with E-state index in [1.54, 1.807) is 12.4 Å². The molecule has 2 aliphatic rings. The molecule has 0 unspecified atom stereocenters. The van der Waals surface area contributed by atoms with Gasteiger partial charge in [0.05, 0.1) is 0 Å². The number of ether oxygens (including phenoxy) is 1. The lowest BCUT2D eigenvalue weighted by Gasteiger charge is -2.58. The van der Waals surface area contributed by atoms with Crippen LogP contribution in [0, 0.1) is 11.3 Å². The molecule has 1 spiro atoms. The highest BCUT2D eigenvalue weighted by atomic mass is 16.6. The van der Waals surface area contributed by atoms with Crippen molar-refractivity contribution in [3.63, 3.8) is 0 Å². The third-order valence-corrected chi connectivity index (χ3v) is 4.40.